The lowest BCUT2D eigenvalue weighted by molar-refractivity contribution is -0.119. The average Bonchev–Trinajstić information content (AvgIpc) is 2.82. The molecule has 0 spiro atoms. The number of amides is 1. The topological polar surface area (TPSA) is 32.3 Å². The number of nitrogens with one attached hydrogen (secondary N) is 1. The molecular weight excluding hydrogens is 224 g/mol. The fourth-order valence-corrected chi connectivity index (χ4v) is 2.62. The summed E-state index contributed by atoms with van der Waals surface area (Å²) in [5, 5.41) is 3.07. The highest BCUT2D eigenvalue weighted by Crippen LogP contribution is 2.10. The predicted octanol–water partition coefficient (Wildman–Crippen LogP) is 1.83. The number of nitrogens with zero attached hydrogens (tertiary/aromatic N) is 1. The van der Waals surface area contributed by atoms with Crippen LogP contribution in [0.25, 0.3) is 0 Å². The Morgan fingerprint density at radius 2 is 1.94 bits per heavy atom. The van der Waals surface area contributed by atoms with Gasteiger partial charge in [-0.25, -0.2) is 0 Å². The highest BCUT2D eigenvalue weighted by molar-refractivity contribution is 5.73. The van der Waals surface area contributed by atoms with Gasteiger partial charge in [-0.1, -0.05) is 30.3 Å². The lowest BCUT2D eigenvalue weighted by Gasteiger charge is -2.24. The van der Waals surface area contributed by atoms with Gasteiger partial charge < -0.3 is 10.2 Å². The second-order valence-electron chi connectivity index (χ2n) is 5.09. The molecule has 1 N–H and O–H groups in total. The molecule has 18 heavy (non-hydrogen) atoms. The zero-order valence-corrected chi connectivity index (χ0v) is 11.1. The monoisotopic (exact) mass is 246 g/mol. The van der Waals surface area contributed by atoms with E-state index in [9.17, 15) is 4.79 Å². The summed E-state index contributed by atoms with van der Waals surface area (Å²) in [6, 6.07) is 10.6. The molecule has 0 saturated carbocycles. The molecule has 1 fully saturated rings. The van der Waals surface area contributed by atoms with Crippen molar-refractivity contribution in [2.24, 2.45) is 0 Å². The van der Waals surface area contributed by atoms with Crippen molar-refractivity contribution < 1.29 is 4.79 Å². The zero-order chi connectivity index (χ0) is 12.8. The second-order valence-corrected chi connectivity index (χ2v) is 5.09. The maximum absolute atomic E-state index is 11.3. The molecule has 1 aromatic rings. The lowest BCUT2D eigenvalue weighted by Crippen LogP contribution is -2.43. The van der Waals surface area contributed by atoms with Crippen LogP contribution in [0.15, 0.2) is 30.3 Å². The molecular formula is C15H22N2O. The number of carbonyl (C=O) groups is 1. The van der Waals surface area contributed by atoms with Crippen LogP contribution in [-0.2, 0) is 11.2 Å². The van der Waals surface area contributed by atoms with Crippen LogP contribution in [0.5, 0.6) is 0 Å². The van der Waals surface area contributed by atoms with E-state index in [4.69, 9.17) is 0 Å². The van der Waals surface area contributed by atoms with Crippen molar-refractivity contribution in [2.75, 3.05) is 19.6 Å². The summed E-state index contributed by atoms with van der Waals surface area (Å²) in [6.45, 7) is 4.91. The number of hydrogen-bond donors (Lipinski definition) is 1. The van der Waals surface area contributed by atoms with Gasteiger partial charge in [-0.05, 0) is 37.9 Å². The largest absolute Gasteiger partial charge is 0.352 e. The number of benzene rings is 1. The van der Waals surface area contributed by atoms with Crippen molar-refractivity contribution in [3.63, 3.8) is 0 Å². The Kier molecular flexibility index (Phi) is 4.76. The van der Waals surface area contributed by atoms with Crippen LogP contribution in [-0.4, -0.2) is 36.5 Å². The molecule has 1 heterocycles. The van der Waals surface area contributed by atoms with Gasteiger partial charge in [0.05, 0.1) is 0 Å². The third-order valence-electron chi connectivity index (χ3n) is 3.41. The first-order valence-electron chi connectivity index (χ1n) is 6.77. The Bertz CT molecular complexity index is 371. The van der Waals surface area contributed by atoms with Crippen LogP contribution in [0.2, 0.25) is 0 Å². The van der Waals surface area contributed by atoms with Gasteiger partial charge in [0.1, 0.15) is 0 Å². The smallest absolute Gasteiger partial charge is 0.217 e. The molecule has 1 aliphatic heterocycles. The number of rotatable bonds is 5. The van der Waals surface area contributed by atoms with Crippen LogP contribution >= 0.6 is 0 Å². The molecule has 1 atom stereocenters. The van der Waals surface area contributed by atoms with Crippen LogP contribution < -0.4 is 5.32 Å². The second kappa shape index (κ2) is 6.55. The Morgan fingerprint density at radius 3 is 2.56 bits per heavy atom. The summed E-state index contributed by atoms with van der Waals surface area (Å²) in [6.07, 6.45) is 3.49. The van der Waals surface area contributed by atoms with Crippen LogP contribution in [0.1, 0.15) is 25.3 Å². The first kappa shape index (κ1) is 13.1. The van der Waals surface area contributed by atoms with Crippen molar-refractivity contribution in [3.8, 4) is 0 Å². The SMILES string of the molecule is CC(=O)NC(Cc1ccccc1)CN1CCCC1. The van der Waals surface area contributed by atoms with Gasteiger partial charge in [0.25, 0.3) is 0 Å². The number of carbonyl (C=O) groups excluding carboxylic acids is 1. The van der Waals surface area contributed by atoms with Gasteiger partial charge in [0.15, 0.2) is 0 Å². The van der Waals surface area contributed by atoms with Crippen molar-refractivity contribution in [1.82, 2.24) is 10.2 Å². The summed E-state index contributed by atoms with van der Waals surface area (Å²) in [5.41, 5.74) is 1.29. The Hall–Kier alpha value is -1.35. The van der Waals surface area contributed by atoms with E-state index in [2.05, 4.69) is 34.5 Å². The van der Waals surface area contributed by atoms with E-state index in [-0.39, 0.29) is 11.9 Å². The highest BCUT2D eigenvalue weighted by Gasteiger charge is 2.18. The van der Waals surface area contributed by atoms with Crippen LogP contribution in [0.3, 0.4) is 0 Å². The maximum Gasteiger partial charge on any atom is 0.217 e. The minimum Gasteiger partial charge on any atom is -0.352 e. The maximum atomic E-state index is 11.3. The fourth-order valence-electron chi connectivity index (χ4n) is 2.62. The molecule has 0 aromatic heterocycles. The van der Waals surface area contributed by atoms with Crippen molar-refractivity contribution in [2.45, 2.75) is 32.2 Å². The van der Waals surface area contributed by atoms with E-state index in [1.807, 2.05) is 6.07 Å². The first-order valence-corrected chi connectivity index (χ1v) is 6.77. The minimum atomic E-state index is 0.0649. The van der Waals surface area contributed by atoms with Gasteiger partial charge >= 0.3 is 0 Å². The molecule has 1 aromatic carbocycles. The summed E-state index contributed by atoms with van der Waals surface area (Å²) in [7, 11) is 0. The third kappa shape index (κ3) is 4.15. The summed E-state index contributed by atoms with van der Waals surface area (Å²) in [5.74, 6) is 0.0649. The quantitative estimate of drug-likeness (QED) is 0.859. The van der Waals surface area contributed by atoms with E-state index in [1.165, 1.54) is 31.5 Å². The molecule has 1 aliphatic rings. The highest BCUT2D eigenvalue weighted by atomic mass is 16.1. The minimum absolute atomic E-state index is 0.0649. The Morgan fingerprint density at radius 1 is 1.28 bits per heavy atom. The van der Waals surface area contributed by atoms with Gasteiger partial charge in [-0.3, -0.25) is 4.79 Å². The Balaban J connectivity index is 1.93. The molecule has 1 unspecified atom stereocenters. The summed E-state index contributed by atoms with van der Waals surface area (Å²) >= 11 is 0. The number of likely N-dealkylation sites (tertiary alicyclic amines) is 1. The Labute approximate surface area is 109 Å². The van der Waals surface area contributed by atoms with E-state index in [1.54, 1.807) is 6.92 Å². The summed E-state index contributed by atoms with van der Waals surface area (Å²) < 4.78 is 0. The van der Waals surface area contributed by atoms with E-state index >= 15 is 0 Å². The van der Waals surface area contributed by atoms with Gasteiger partial charge in [-0.15, -0.1) is 0 Å². The standard InChI is InChI=1S/C15H22N2O/c1-13(18)16-15(12-17-9-5-6-10-17)11-14-7-3-2-4-8-14/h2-4,7-8,15H,5-6,9-12H2,1H3,(H,16,18). The van der Waals surface area contributed by atoms with Gasteiger partial charge in [0, 0.05) is 19.5 Å². The van der Waals surface area contributed by atoms with Crippen molar-refractivity contribution in [1.29, 1.82) is 0 Å². The third-order valence-corrected chi connectivity index (χ3v) is 3.41. The van der Waals surface area contributed by atoms with Crippen LogP contribution in [0.4, 0.5) is 0 Å². The van der Waals surface area contributed by atoms with Crippen LogP contribution in [0, 0.1) is 0 Å². The number of hydrogen-bond acceptors (Lipinski definition) is 2. The molecule has 3 heteroatoms. The van der Waals surface area contributed by atoms with E-state index in [0.717, 1.165) is 13.0 Å². The lowest BCUT2D eigenvalue weighted by atomic mass is 10.1. The molecule has 3 nitrogen and oxygen atoms in total. The molecule has 0 bridgehead atoms. The normalized spacial score (nSPS) is 17.6. The van der Waals surface area contributed by atoms with Gasteiger partial charge in [0.2, 0.25) is 5.91 Å². The van der Waals surface area contributed by atoms with E-state index in [0.29, 0.717) is 0 Å². The van der Waals surface area contributed by atoms with Crippen molar-refractivity contribution in [3.05, 3.63) is 35.9 Å². The molecule has 0 aliphatic carbocycles. The average molecular weight is 246 g/mol. The van der Waals surface area contributed by atoms with Crippen molar-refractivity contribution >= 4 is 5.91 Å². The molecule has 98 valence electrons. The molecule has 0 radical (unpaired) electrons. The molecule has 1 amide bonds. The van der Waals surface area contributed by atoms with Gasteiger partial charge in [-0.2, -0.15) is 0 Å². The summed E-state index contributed by atoms with van der Waals surface area (Å²) in [4.78, 5) is 13.7. The zero-order valence-electron chi connectivity index (χ0n) is 11.1. The molecule has 2 rings (SSSR count). The first-order chi connectivity index (χ1) is 8.74. The predicted molar refractivity (Wildman–Crippen MR) is 73.4 cm³/mol. The molecule has 1 saturated heterocycles. The van der Waals surface area contributed by atoms with E-state index < -0.39 is 0 Å². The fraction of sp³-hybridized carbons (Fsp3) is 0.533.